The SMILES string of the molecule is COC1=CC(=O)[C@@H](c2ccccc2)[C@H]1c1ccccc1. The van der Waals surface area contributed by atoms with Crippen LogP contribution in [0.4, 0.5) is 0 Å². The van der Waals surface area contributed by atoms with E-state index in [1.165, 1.54) is 0 Å². The molecule has 1 aliphatic rings. The summed E-state index contributed by atoms with van der Waals surface area (Å²) in [7, 11) is 1.63. The summed E-state index contributed by atoms with van der Waals surface area (Å²) in [5.74, 6) is 0.640. The minimum Gasteiger partial charge on any atom is -0.500 e. The summed E-state index contributed by atoms with van der Waals surface area (Å²) in [6, 6.07) is 20.0. The molecule has 0 radical (unpaired) electrons. The third-order valence-corrected chi connectivity index (χ3v) is 3.78. The van der Waals surface area contributed by atoms with E-state index in [9.17, 15) is 4.79 Å². The van der Waals surface area contributed by atoms with Crippen LogP contribution < -0.4 is 0 Å². The third kappa shape index (κ3) is 2.14. The van der Waals surface area contributed by atoms with Gasteiger partial charge in [-0.05, 0) is 11.1 Å². The number of carbonyl (C=O) groups excluding carboxylic acids is 1. The van der Waals surface area contributed by atoms with Crippen LogP contribution >= 0.6 is 0 Å². The van der Waals surface area contributed by atoms with Crippen LogP contribution in [0.15, 0.2) is 72.5 Å². The van der Waals surface area contributed by atoms with E-state index in [0.717, 1.165) is 16.9 Å². The molecule has 0 N–H and O–H groups in total. The van der Waals surface area contributed by atoms with Crippen molar-refractivity contribution in [2.24, 2.45) is 0 Å². The Balaban J connectivity index is 2.07. The summed E-state index contributed by atoms with van der Waals surface area (Å²) in [5, 5.41) is 0. The predicted molar refractivity (Wildman–Crippen MR) is 78.5 cm³/mol. The van der Waals surface area contributed by atoms with Crippen LogP contribution in [0, 0.1) is 0 Å². The summed E-state index contributed by atoms with van der Waals surface area (Å²) in [6.45, 7) is 0. The van der Waals surface area contributed by atoms with Gasteiger partial charge in [0.15, 0.2) is 5.78 Å². The van der Waals surface area contributed by atoms with Gasteiger partial charge in [-0.15, -0.1) is 0 Å². The predicted octanol–water partition coefficient (Wildman–Crippen LogP) is 3.67. The minimum atomic E-state index is -0.187. The molecule has 2 nitrogen and oxygen atoms in total. The van der Waals surface area contributed by atoms with Gasteiger partial charge in [-0.1, -0.05) is 60.7 Å². The van der Waals surface area contributed by atoms with Crippen molar-refractivity contribution in [3.8, 4) is 0 Å². The summed E-state index contributed by atoms with van der Waals surface area (Å²) in [4.78, 5) is 12.4. The fourth-order valence-electron chi connectivity index (χ4n) is 2.87. The normalized spacial score (nSPS) is 21.6. The largest absolute Gasteiger partial charge is 0.500 e. The molecule has 0 spiro atoms. The van der Waals surface area contributed by atoms with Crippen LogP contribution in [-0.4, -0.2) is 12.9 Å². The van der Waals surface area contributed by atoms with Crippen LogP contribution in [-0.2, 0) is 9.53 Å². The van der Waals surface area contributed by atoms with Crippen LogP contribution in [0.2, 0.25) is 0 Å². The number of hydrogen-bond acceptors (Lipinski definition) is 2. The first kappa shape index (κ1) is 12.7. The Kier molecular flexibility index (Phi) is 3.38. The van der Waals surface area contributed by atoms with Gasteiger partial charge in [0.25, 0.3) is 0 Å². The standard InChI is InChI=1S/C18H16O2/c1-20-16-12-15(19)17(13-8-4-2-5-9-13)18(16)14-10-6-3-7-11-14/h2-12,17-18H,1H3/t17-,18+/m1/s1. The molecule has 100 valence electrons. The van der Waals surface area contributed by atoms with Gasteiger partial charge >= 0.3 is 0 Å². The number of methoxy groups -OCH3 is 1. The molecule has 3 rings (SSSR count). The maximum absolute atomic E-state index is 12.4. The molecular weight excluding hydrogens is 248 g/mol. The van der Waals surface area contributed by atoms with Crippen molar-refractivity contribution in [3.63, 3.8) is 0 Å². The Morgan fingerprint density at radius 2 is 1.30 bits per heavy atom. The van der Waals surface area contributed by atoms with E-state index >= 15 is 0 Å². The van der Waals surface area contributed by atoms with E-state index in [1.807, 2.05) is 60.7 Å². The lowest BCUT2D eigenvalue weighted by atomic mass is 9.82. The van der Waals surface area contributed by atoms with Gasteiger partial charge in [0.2, 0.25) is 0 Å². The molecule has 0 heterocycles. The van der Waals surface area contributed by atoms with Crippen molar-refractivity contribution >= 4 is 5.78 Å². The first-order valence-corrected chi connectivity index (χ1v) is 6.70. The van der Waals surface area contributed by atoms with E-state index in [1.54, 1.807) is 13.2 Å². The molecule has 0 fully saturated rings. The van der Waals surface area contributed by atoms with Crippen molar-refractivity contribution in [2.75, 3.05) is 7.11 Å². The van der Waals surface area contributed by atoms with Gasteiger partial charge in [0, 0.05) is 6.08 Å². The molecule has 2 aromatic rings. The van der Waals surface area contributed by atoms with Crippen molar-refractivity contribution in [3.05, 3.63) is 83.6 Å². The van der Waals surface area contributed by atoms with Gasteiger partial charge in [0.05, 0.1) is 18.9 Å². The molecule has 20 heavy (non-hydrogen) atoms. The smallest absolute Gasteiger partial charge is 0.167 e. The number of ketones is 1. The van der Waals surface area contributed by atoms with Crippen LogP contribution in [0.25, 0.3) is 0 Å². The zero-order valence-electron chi connectivity index (χ0n) is 11.3. The lowest BCUT2D eigenvalue weighted by Gasteiger charge is -2.22. The molecule has 2 heteroatoms. The fraction of sp³-hybridized carbons (Fsp3) is 0.167. The number of rotatable bonds is 3. The van der Waals surface area contributed by atoms with Crippen molar-refractivity contribution in [1.29, 1.82) is 0 Å². The van der Waals surface area contributed by atoms with Gasteiger partial charge in [-0.2, -0.15) is 0 Å². The van der Waals surface area contributed by atoms with Gasteiger partial charge < -0.3 is 4.74 Å². The van der Waals surface area contributed by atoms with Gasteiger partial charge in [0.1, 0.15) is 5.76 Å². The summed E-state index contributed by atoms with van der Waals surface area (Å²) in [5.41, 5.74) is 2.15. The number of hydrogen-bond donors (Lipinski definition) is 0. The quantitative estimate of drug-likeness (QED) is 0.845. The number of allylic oxidation sites excluding steroid dienone is 2. The van der Waals surface area contributed by atoms with E-state index in [-0.39, 0.29) is 17.6 Å². The highest BCUT2D eigenvalue weighted by atomic mass is 16.5. The number of benzene rings is 2. The van der Waals surface area contributed by atoms with Gasteiger partial charge in [-0.25, -0.2) is 0 Å². The Hall–Kier alpha value is -2.35. The molecule has 0 bridgehead atoms. The zero-order valence-corrected chi connectivity index (χ0v) is 11.3. The molecule has 0 aromatic heterocycles. The second kappa shape index (κ2) is 5.33. The topological polar surface area (TPSA) is 26.3 Å². The molecule has 0 aliphatic heterocycles. The molecule has 1 aliphatic carbocycles. The lowest BCUT2D eigenvalue weighted by Crippen LogP contribution is -2.14. The van der Waals surface area contributed by atoms with Crippen molar-refractivity contribution < 1.29 is 9.53 Å². The molecule has 2 atom stereocenters. The molecule has 0 unspecified atom stereocenters. The van der Waals surface area contributed by atoms with E-state index in [0.29, 0.717) is 0 Å². The van der Waals surface area contributed by atoms with Crippen molar-refractivity contribution in [2.45, 2.75) is 11.8 Å². The molecule has 2 aromatic carbocycles. The van der Waals surface area contributed by atoms with E-state index in [4.69, 9.17) is 4.74 Å². The maximum Gasteiger partial charge on any atom is 0.167 e. The average Bonchev–Trinajstić information content (AvgIpc) is 2.85. The summed E-state index contributed by atoms with van der Waals surface area (Å²) >= 11 is 0. The zero-order chi connectivity index (χ0) is 13.9. The van der Waals surface area contributed by atoms with Gasteiger partial charge in [-0.3, -0.25) is 4.79 Å². The maximum atomic E-state index is 12.4. The molecule has 0 amide bonds. The Bertz CT molecular complexity index is 629. The molecule has 0 saturated carbocycles. The number of ether oxygens (including phenoxy) is 1. The first-order valence-electron chi connectivity index (χ1n) is 6.70. The number of carbonyl (C=O) groups is 1. The molecule has 0 saturated heterocycles. The van der Waals surface area contributed by atoms with Crippen LogP contribution in [0.1, 0.15) is 23.0 Å². The highest BCUT2D eigenvalue weighted by Gasteiger charge is 2.39. The van der Waals surface area contributed by atoms with E-state index < -0.39 is 0 Å². The van der Waals surface area contributed by atoms with Crippen LogP contribution in [0.3, 0.4) is 0 Å². The fourth-order valence-corrected chi connectivity index (χ4v) is 2.87. The highest BCUT2D eigenvalue weighted by Crippen LogP contribution is 2.44. The Labute approximate surface area is 118 Å². The van der Waals surface area contributed by atoms with Crippen LogP contribution in [0.5, 0.6) is 0 Å². The van der Waals surface area contributed by atoms with E-state index in [2.05, 4.69) is 0 Å². The summed E-state index contributed by atoms with van der Waals surface area (Å²) in [6.07, 6.45) is 1.63. The highest BCUT2D eigenvalue weighted by molar-refractivity contribution is 6.00. The lowest BCUT2D eigenvalue weighted by molar-refractivity contribution is -0.115. The van der Waals surface area contributed by atoms with Crippen molar-refractivity contribution in [1.82, 2.24) is 0 Å². The first-order chi connectivity index (χ1) is 9.81. The third-order valence-electron chi connectivity index (χ3n) is 3.78. The summed E-state index contributed by atoms with van der Waals surface area (Å²) < 4.78 is 5.44. The molecular formula is C18H16O2. The second-order valence-electron chi connectivity index (χ2n) is 4.93. The second-order valence-corrected chi connectivity index (χ2v) is 4.93. The average molecular weight is 264 g/mol. The monoisotopic (exact) mass is 264 g/mol. The Morgan fingerprint density at radius 3 is 1.80 bits per heavy atom. The Morgan fingerprint density at radius 1 is 0.800 bits per heavy atom. The minimum absolute atomic E-state index is 0.0314.